The molecular weight excluding hydrogens is 1040 g/mol. The average molecular weight is 1140 g/mol. The molecule has 7 aromatic rings. The number of nitrogens with one attached hydrogen (secondary N) is 2. The first-order valence-corrected chi connectivity index (χ1v) is 32.1. The van der Waals surface area contributed by atoms with Crippen LogP contribution >= 0.6 is 0 Å². The minimum Gasteiger partial charge on any atom is -0.396 e. The lowest BCUT2D eigenvalue weighted by molar-refractivity contribution is -0.697. The summed E-state index contributed by atoms with van der Waals surface area (Å²) in [6.45, 7) is 4.92. The van der Waals surface area contributed by atoms with E-state index in [-0.39, 0.29) is 26.4 Å². The quantitative estimate of drug-likeness (QED) is 0.0170. The van der Waals surface area contributed by atoms with Crippen LogP contribution in [0.1, 0.15) is 177 Å². The molecule has 2 aliphatic heterocycles. The zero-order valence-corrected chi connectivity index (χ0v) is 50.0. The molecule has 0 saturated heterocycles. The molecule has 0 atom stereocenters. The Morgan fingerprint density at radius 2 is 0.440 bits per heavy atom. The molecule has 9 rings (SSSR count). The molecule has 442 valence electrons. The zero-order chi connectivity index (χ0) is 58.0. The van der Waals surface area contributed by atoms with Crippen LogP contribution in [0.15, 0.2) is 122 Å². The SMILES string of the molecule is OCCCCCCCC[n+]1ccc(-c2c3nc(c(-c4cc[n+](CCCCCCCCO)cc4)c4ccc([nH]4)c(-c4cc[n+](CCCCCCCCO)cc4)c4nc(c(-c5cc[n+](CCCCCCCCO)cc5)c5ccc2[nH]5)C=C4)C=C3)cc1. The highest BCUT2D eigenvalue weighted by Gasteiger charge is 2.21. The van der Waals surface area contributed by atoms with Crippen LogP contribution in [0, 0.1) is 0 Å². The third kappa shape index (κ3) is 17.6. The van der Waals surface area contributed by atoms with E-state index in [4.69, 9.17) is 9.97 Å². The Hall–Kier alpha value is -6.96. The summed E-state index contributed by atoms with van der Waals surface area (Å²) >= 11 is 0. The molecule has 0 fully saturated rings. The second-order valence-corrected chi connectivity index (χ2v) is 23.2. The van der Waals surface area contributed by atoms with Crippen LogP contribution in [0.3, 0.4) is 0 Å². The molecule has 0 radical (unpaired) electrons. The Morgan fingerprint density at radius 3 is 0.643 bits per heavy atom. The fourth-order valence-electron chi connectivity index (χ4n) is 12.0. The summed E-state index contributed by atoms with van der Waals surface area (Å²) < 4.78 is 9.18. The topological polar surface area (TPSA) is 154 Å². The van der Waals surface area contributed by atoms with Gasteiger partial charge in [0.2, 0.25) is 0 Å². The first-order valence-electron chi connectivity index (χ1n) is 32.1. The Balaban J connectivity index is 1.16. The third-order valence-electron chi connectivity index (χ3n) is 16.8. The lowest BCUT2D eigenvalue weighted by Crippen LogP contribution is -2.32. The normalized spacial score (nSPS) is 12.0. The van der Waals surface area contributed by atoms with Crippen molar-refractivity contribution in [2.75, 3.05) is 26.4 Å². The van der Waals surface area contributed by atoms with Crippen LogP contribution in [-0.4, -0.2) is 66.8 Å². The number of unbranched alkanes of at least 4 members (excludes halogenated alkanes) is 20. The average Bonchev–Trinajstić information content (AvgIpc) is 3.21. The van der Waals surface area contributed by atoms with E-state index >= 15 is 0 Å². The van der Waals surface area contributed by atoms with Gasteiger partial charge in [0.25, 0.3) is 0 Å². The van der Waals surface area contributed by atoms with Gasteiger partial charge in [-0.15, -0.1) is 0 Å². The van der Waals surface area contributed by atoms with E-state index in [0.29, 0.717) is 0 Å². The molecule has 8 bridgehead atoms. The summed E-state index contributed by atoms with van der Waals surface area (Å²) in [7, 11) is 0. The van der Waals surface area contributed by atoms with Crippen molar-refractivity contribution in [1.29, 1.82) is 0 Å². The van der Waals surface area contributed by atoms with Crippen molar-refractivity contribution in [2.45, 2.75) is 180 Å². The van der Waals surface area contributed by atoms with Crippen molar-refractivity contribution in [3.8, 4) is 44.5 Å². The molecule has 12 heteroatoms. The van der Waals surface area contributed by atoms with Gasteiger partial charge in [0.15, 0.2) is 49.6 Å². The number of aliphatic hydroxyl groups excluding tert-OH is 4. The van der Waals surface area contributed by atoms with E-state index in [9.17, 15) is 20.4 Å². The molecule has 0 spiro atoms. The van der Waals surface area contributed by atoms with Gasteiger partial charge < -0.3 is 30.4 Å². The molecule has 7 aromatic heterocycles. The lowest BCUT2D eigenvalue weighted by Gasteiger charge is -2.07. The van der Waals surface area contributed by atoms with Crippen LogP contribution in [0.5, 0.6) is 0 Å². The Kier molecular flexibility index (Phi) is 24.6. The van der Waals surface area contributed by atoms with Gasteiger partial charge in [-0.3, -0.25) is 0 Å². The van der Waals surface area contributed by atoms with Gasteiger partial charge in [0.05, 0.1) is 22.8 Å². The van der Waals surface area contributed by atoms with E-state index in [1.54, 1.807) is 0 Å². The molecule has 2 aliphatic rings. The summed E-state index contributed by atoms with van der Waals surface area (Å²) in [4.78, 5) is 19.2. The number of hydrogen-bond donors (Lipinski definition) is 6. The second kappa shape index (κ2) is 33.5. The molecule has 0 aliphatic carbocycles. The first kappa shape index (κ1) is 61.6. The van der Waals surface area contributed by atoms with Crippen molar-refractivity contribution < 1.29 is 38.7 Å². The van der Waals surface area contributed by atoms with Crippen LogP contribution < -0.4 is 18.3 Å². The van der Waals surface area contributed by atoms with E-state index in [0.717, 1.165) is 193 Å². The minimum absolute atomic E-state index is 0.278. The largest absolute Gasteiger partial charge is 0.396 e. The molecule has 0 amide bonds. The van der Waals surface area contributed by atoms with Crippen molar-refractivity contribution in [2.24, 2.45) is 0 Å². The number of fused-ring (bicyclic) bond motifs is 8. The fourth-order valence-corrected chi connectivity index (χ4v) is 12.0. The van der Waals surface area contributed by atoms with Crippen LogP contribution in [0.25, 0.3) is 90.9 Å². The molecule has 9 heterocycles. The highest BCUT2D eigenvalue weighted by Crippen LogP contribution is 2.38. The zero-order valence-electron chi connectivity index (χ0n) is 50.0. The van der Waals surface area contributed by atoms with Gasteiger partial charge in [-0.25, -0.2) is 28.2 Å². The van der Waals surface area contributed by atoms with Gasteiger partial charge in [0.1, 0.15) is 26.2 Å². The van der Waals surface area contributed by atoms with Crippen molar-refractivity contribution >= 4 is 46.4 Å². The maximum atomic E-state index is 9.23. The number of nitrogens with zero attached hydrogens (tertiary/aromatic N) is 6. The van der Waals surface area contributed by atoms with Crippen LogP contribution in [0.2, 0.25) is 0 Å². The molecule has 84 heavy (non-hydrogen) atoms. The van der Waals surface area contributed by atoms with Crippen LogP contribution in [0.4, 0.5) is 0 Å². The molecule has 12 nitrogen and oxygen atoms in total. The Labute approximate surface area is 499 Å². The number of aliphatic hydroxyl groups is 4. The monoisotopic (exact) mass is 1130 g/mol. The van der Waals surface area contributed by atoms with Crippen molar-refractivity contribution in [1.82, 2.24) is 19.9 Å². The number of rotatable bonds is 36. The van der Waals surface area contributed by atoms with Crippen molar-refractivity contribution in [3.63, 3.8) is 0 Å². The molecule has 6 N–H and O–H groups in total. The summed E-state index contributed by atoms with van der Waals surface area (Å²) in [6.07, 6.45) is 52.9. The summed E-state index contributed by atoms with van der Waals surface area (Å²) in [6, 6.07) is 26.8. The Bertz CT molecular complexity index is 2910. The standard InChI is InChI=1S/C72H93N8O4/c81-53-21-13-5-1-9-17-41-77-45-33-57(34-46-77)69-61-25-27-63(73-61)70(58-35-47-78(48-36-58)42-18-10-2-6-14-22-54-82)65-29-31-67(75-65)72(60-39-51-80(52-40-60)44-20-12-4-8-16-24-56-84)68-32-30-66(76-68)71(64-28-26-62(69)74-64)59-37-49-79(50-38-59)43-19-11-3-7-15-23-55-83/h25-40,45-52,81-84H,1-24,41-44,53-56H2,(H,73,74,75,76)/q+3/p+1. The van der Waals surface area contributed by atoms with Gasteiger partial charge in [-0.05, 0) is 122 Å². The van der Waals surface area contributed by atoms with E-state index < -0.39 is 0 Å². The molecule has 0 aromatic carbocycles. The molecule has 0 saturated carbocycles. The predicted octanol–water partition coefficient (Wildman–Crippen LogP) is 13.8. The van der Waals surface area contributed by atoms with E-state index in [2.05, 4.69) is 175 Å². The second-order valence-electron chi connectivity index (χ2n) is 23.2. The summed E-state index contributed by atoms with van der Waals surface area (Å²) in [5.74, 6) is 0. The van der Waals surface area contributed by atoms with E-state index in [1.807, 2.05) is 0 Å². The maximum absolute atomic E-state index is 9.23. The number of pyridine rings is 4. The highest BCUT2D eigenvalue weighted by molar-refractivity contribution is 5.99. The first-order chi connectivity index (χ1) is 41.5. The number of aromatic nitrogens is 8. The smallest absolute Gasteiger partial charge is 0.169 e. The fraction of sp³-hybridized carbons (Fsp3) is 0.444. The van der Waals surface area contributed by atoms with Gasteiger partial charge in [0, 0.05) is 145 Å². The summed E-state index contributed by atoms with van der Waals surface area (Å²) in [5, 5.41) is 36.9. The maximum Gasteiger partial charge on any atom is 0.169 e. The van der Waals surface area contributed by atoms with E-state index in [1.165, 1.54) is 77.0 Å². The lowest BCUT2D eigenvalue weighted by atomic mass is 10.0. The van der Waals surface area contributed by atoms with Crippen LogP contribution in [-0.2, 0) is 26.2 Å². The van der Waals surface area contributed by atoms with Gasteiger partial charge >= 0.3 is 0 Å². The number of hydrogen-bond acceptors (Lipinski definition) is 6. The number of aryl methyl sites for hydroxylation is 4. The highest BCUT2D eigenvalue weighted by atomic mass is 16.3. The molecular formula is C72H94N8O4+4. The predicted molar refractivity (Wildman–Crippen MR) is 341 cm³/mol. The number of H-pyrrole nitrogens is 2. The third-order valence-corrected chi connectivity index (χ3v) is 16.8. The summed E-state index contributed by atoms with van der Waals surface area (Å²) in [5.41, 5.74) is 15.8. The minimum atomic E-state index is 0.278. The Morgan fingerprint density at radius 1 is 0.250 bits per heavy atom. The van der Waals surface area contributed by atoms with Gasteiger partial charge in [-0.2, -0.15) is 0 Å². The molecule has 0 unspecified atom stereocenters. The van der Waals surface area contributed by atoms with Crippen molar-refractivity contribution in [3.05, 3.63) is 145 Å². The number of aromatic amines is 2. The van der Waals surface area contributed by atoms with Gasteiger partial charge in [-0.1, -0.05) is 77.0 Å².